The third-order valence-corrected chi connectivity index (χ3v) is 5.12. The molecular weight excluding hydrogens is 411 g/mol. The number of hydrogen-bond donors (Lipinski definition) is 0. The molecule has 0 radical (unpaired) electrons. The van der Waals surface area contributed by atoms with Crippen LogP contribution in [0.3, 0.4) is 0 Å². The standard InChI is InChI=1S/C23H16Cl2O4/c1-27-17-4-2-3-14(9-17)23(26)20-13-29-22-8-7-18(11-19(20)22)28-12-15-5-6-16(24)10-21(15)25/h2-11,13H,12H2,1H3. The van der Waals surface area contributed by atoms with Crippen LogP contribution in [0.15, 0.2) is 71.3 Å². The van der Waals surface area contributed by atoms with Crippen LogP contribution >= 0.6 is 23.2 Å². The minimum atomic E-state index is -0.152. The number of carbonyl (C=O) groups is 1. The molecule has 1 aromatic heterocycles. The van der Waals surface area contributed by atoms with Crippen molar-refractivity contribution in [2.75, 3.05) is 7.11 Å². The van der Waals surface area contributed by atoms with Crippen LogP contribution in [0.4, 0.5) is 0 Å². The van der Waals surface area contributed by atoms with Gasteiger partial charge in [0.25, 0.3) is 0 Å². The van der Waals surface area contributed by atoms with Crippen molar-refractivity contribution in [1.82, 2.24) is 0 Å². The Balaban J connectivity index is 1.61. The first kappa shape index (κ1) is 19.4. The van der Waals surface area contributed by atoms with Crippen LogP contribution < -0.4 is 9.47 Å². The first-order chi connectivity index (χ1) is 14.0. The fraction of sp³-hybridized carbons (Fsp3) is 0.0870. The van der Waals surface area contributed by atoms with E-state index in [0.717, 1.165) is 5.56 Å². The molecule has 0 amide bonds. The number of fused-ring (bicyclic) bond motifs is 1. The first-order valence-electron chi connectivity index (χ1n) is 8.82. The van der Waals surface area contributed by atoms with Gasteiger partial charge < -0.3 is 13.9 Å². The smallest absolute Gasteiger partial charge is 0.197 e. The molecule has 0 aliphatic carbocycles. The summed E-state index contributed by atoms with van der Waals surface area (Å²) in [6.45, 7) is 0.276. The van der Waals surface area contributed by atoms with Gasteiger partial charge in [0.1, 0.15) is 30.0 Å². The molecular formula is C23H16Cl2O4. The maximum Gasteiger partial charge on any atom is 0.197 e. The normalized spacial score (nSPS) is 10.9. The number of furan rings is 1. The van der Waals surface area contributed by atoms with Gasteiger partial charge in [-0.15, -0.1) is 0 Å². The quantitative estimate of drug-likeness (QED) is 0.327. The molecule has 0 saturated carbocycles. The second-order valence-corrected chi connectivity index (χ2v) is 7.24. The van der Waals surface area contributed by atoms with Gasteiger partial charge in [0.15, 0.2) is 5.78 Å². The molecule has 0 N–H and O–H groups in total. The van der Waals surface area contributed by atoms with E-state index in [-0.39, 0.29) is 12.4 Å². The Bertz CT molecular complexity index is 1200. The van der Waals surface area contributed by atoms with Crippen molar-refractivity contribution in [1.29, 1.82) is 0 Å². The van der Waals surface area contributed by atoms with Gasteiger partial charge in [-0.1, -0.05) is 41.4 Å². The number of halogens is 2. The monoisotopic (exact) mass is 426 g/mol. The average molecular weight is 427 g/mol. The molecule has 0 aliphatic heterocycles. The summed E-state index contributed by atoms with van der Waals surface area (Å²) in [5.74, 6) is 1.07. The predicted molar refractivity (Wildman–Crippen MR) is 113 cm³/mol. The van der Waals surface area contributed by atoms with Crippen LogP contribution in [0.1, 0.15) is 21.5 Å². The van der Waals surface area contributed by atoms with Crippen LogP contribution in [0.2, 0.25) is 10.0 Å². The fourth-order valence-corrected chi connectivity index (χ4v) is 3.46. The maximum atomic E-state index is 13.0. The summed E-state index contributed by atoms with van der Waals surface area (Å²) in [4.78, 5) is 13.0. The van der Waals surface area contributed by atoms with E-state index in [1.54, 1.807) is 61.7 Å². The van der Waals surface area contributed by atoms with Gasteiger partial charge in [-0.3, -0.25) is 4.79 Å². The lowest BCUT2D eigenvalue weighted by molar-refractivity contribution is 0.103. The van der Waals surface area contributed by atoms with Crippen LogP contribution in [-0.4, -0.2) is 12.9 Å². The number of carbonyl (C=O) groups excluding carboxylic acids is 1. The molecule has 0 unspecified atom stereocenters. The van der Waals surface area contributed by atoms with Crippen LogP contribution in [0.25, 0.3) is 11.0 Å². The average Bonchev–Trinajstić information content (AvgIpc) is 3.16. The van der Waals surface area contributed by atoms with Crippen molar-refractivity contribution >= 4 is 40.0 Å². The van der Waals surface area contributed by atoms with E-state index in [0.29, 0.717) is 43.6 Å². The zero-order valence-electron chi connectivity index (χ0n) is 15.4. The lowest BCUT2D eigenvalue weighted by atomic mass is 10.0. The lowest BCUT2D eigenvalue weighted by Crippen LogP contribution is -2.01. The predicted octanol–water partition coefficient (Wildman–Crippen LogP) is 6.56. The molecule has 0 bridgehead atoms. The Morgan fingerprint density at radius 3 is 2.66 bits per heavy atom. The number of hydrogen-bond acceptors (Lipinski definition) is 4. The van der Waals surface area contributed by atoms with Crippen molar-refractivity contribution in [2.45, 2.75) is 6.61 Å². The molecule has 0 saturated heterocycles. The highest BCUT2D eigenvalue weighted by molar-refractivity contribution is 6.35. The van der Waals surface area contributed by atoms with Gasteiger partial charge >= 0.3 is 0 Å². The van der Waals surface area contributed by atoms with Gasteiger partial charge in [0, 0.05) is 26.6 Å². The molecule has 0 fully saturated rings. The molecule has 4 nitrogen and oxygen atoms in total. The van der Waals surface area contributed by atoms with Gasteiger partial charge in [0.05, 0.1) is 12.7 Å². The Hall–Kier alpha value is -2.95. The van der Waals surface area contributed by atoms with Crippen molar-refractivity contribution < 1.29 is 18.7 Å². The Labute approximate surface area is 177 Å². The van der Waals surface area contributed by atoms with E-state index < -0.39 is 0 Å². The summed E-state index contributed by atoms with van der Waals surface area (Å²) in [6, 6.07) is 17.6. The van der Waals surface area contributed by atoms with Crippen molar-refractivity contribution in [3.63, 3.8) is 0 Å². The molecule has 3 aromatic carbocycles. The largest absolute Gasteiger partial charge is 0.497 e. The van der Waals surface area contributed by atoms with Gasteiger partial charge in [-0.05, 0) is 42.5 Å². The Morgan fingerprint density at radius 1 is 1.00 bits per heavy atom. The summed E-state index contributed by atoms with van der Waals surface area (Å²) in [5, 5.41) is 1.78. The van der Waals surface area contributed by atoms with Gasteiger partial charge in [0.2, 0.25) is 0 Å². The molecule has 1 heterocycles. The summed E-state index contributed by atoms with van der Waals surface area (Å²) < 4.78 is 16.6. The van der Waals surface area contributed by atoms with Crippen molar-refractivity contribution in [3.8, 4) is 11.5 Å². The topological polar surface area (TPSA) is 48.7 Å². The van der Waals surface area contributed by atoms with Crippen molar-refractivity contribution in [2.24, 2.45) is 0 Å². The number of ether oxygens (including phenoxy) is 2. The number of methoxy groups -OCH3 is 1. The van der Waals surface area contributed by atoms with Crippen LogP contribution in [0, 0.1) is 0 Å². The van der Waals surface area contributed by atoms with E-state index in [2.05, 4.69) is 0 Å². The molecule has 146 valence electrons. The molecule has 4 aromatic rings. The third-order valence-electron chi connectivity index (χ3n) is 4.53. The minimum Gasteiger partial charge on any atom is -0.497 e. The van der Waals surface area contributed by atoms with E-state index >= 15 is 0 Å². The first-order valence-corrected chi connectivity index (χ1v) is 9.57. The molecule has 6 heteroatoms. The fourth-order valence-electron chi connectivity index (χ4n) is 2.99. The second-order valence-electron chi connectivity index (χ2n) is 6.39. The zero-order chi connectivity index (χ0) is 20.4. The molecule has 0 atom stereocenters. The van der Waals surface area contributed by atoms with Crippen LogP contribution in [-0.2, 0) is 6.61 Å². The van der Waals surface area contributed by atoms with Crippen molar-refractivity contribution in [3.05, 3.63) is 93.7 Å². The Morgan fingerprint density at radius 2 is 1.86 bits per heavy atom. The van der Waals surface area contributed by atoms with E-state index in [9.17, 15) is 4.79 Å². The summed E-state index contributed by atoms with van der Waals surface area (Å²) in [6.07, 6.45) is 1.46. The summed E-state index contributed by atoms with van der Waals surface area (Å²) in [7, 11) is 1.56. The minimum absolute atomic E-state index is 0.152. The number of rotatable bonds is 6. The highest BCUT2D eigenvalue weighted by atomic mass is 35.5. The van der Waals surface area contributed by atoms with Gasteiger partial charge in [-0.2, -0.15) is 0 Å². The van der Waals surface area contributed by atoms with Gasteiger partial charge in [-0.25, -0.2) is 0 Å². The molecule has 29 heavy (non-hydrogen) atoms. The maximum absolute atomic E-state index is 13.0. The Kier molecular flexibility index (Phi) is 5.47. The second kappa shape index (κ2) is 8.19. The van der Waals surface area contributed by atoms with E-state index in [1.165, 1.54) is 6.26 Å². The zero-order valence-corrected chi connectivity index (χ0v) is 17.0. The highest BCUT2D eigenvalue weighted by Crippen LogP contribution is 2.29. The van der Waals surface area contributed by atoms with E-state index in [1.807, 2.05) is 6.07 Å². The van der Waals surface area contributed by atoms with Crippen LogP contribution in [0.5, 0.6) is 11.5 Å². The number of benzene rings is 3. The molecule has 0 spiro atoms. The molecule has 4 rings (SSSR count). The number of ketones is 1. The lowest BCUT2D eigenvalue weighted by Gasteiger charge is -2.08. The molecule has 0 aliphatic rings. The highest BCUT2D eigenvalue weighted by Gasteiger charge is 2.17. The van der Waals surface area contributed by atoms with E-state index in [4.69, 9.17) is 37.1 Å². The summed E-state index contributed by atoms with van der Waals surface area (Å²) in [5.41, 5.74) is 2.40. The third kappa shape index (κ3) is 4.09. The SMILES string of the molecule is COc1cccc(C(=O)c2coc3ccc(OCc4ccc(Cl)cc4Cl)cc23)c1. The summed E-state index contributed by atoms with van der Waals surface area (Å²) >= 11 is 12.1.